The quantitative estimate of drug-likeness (QED) is 0.845. The molecule has 134 valence electrons. The molecule has 2 heterocycles. The van der Waals surface area contributed by atoms with Crippen molar-refractivity contribution < 1.29 is 23.9 Å². The number of carboxylic acids is 1. The van der Waals surface area contributed by atoms with Gasteiger partial charge in [0.15, 0.2) is 0 Å². The van der Waals surface area contributed by atoms with Crippen molar-refractivity contribution in [2.24, 2.45) is 11.3 Å². The van der Waals surface area contributed by atoms with Gasteiger partial charge in [0, 0.05) is 38.3 Å². The molecule has 3 amide bonds. The van der Waals surface area contributed by atoms with Crippen LogP contribution >= 0.6 is 0 Å². The lowest BCUT2D eigenvalue weighted by Crippen LogP contribution is -2.44. The summed E-state index contributed by atoms with van der Waals surface area (Å²) >= 11 is 0. The lowest BCUT2D eigenvalue weighted by molar-refractivity contribution is -0.149. The van der Waals surface area contributed by atoms with E-state index < -0.39 is 29.2 Å². The number of nitrogens with zero attached hydrogens (tertiary/aromatic N) is 2. The van der Waals surface area contributed by atoms with E-state index in [9.17, 15) is 23.9 Å². The Morgan fingerprint density at radius 2 is 2.08 bits per heavy atom. The number of hydrogen-bond donors (Lipinski definition) is 2. The molecule has 0 saturated carbocycles. The van der Waals surface area contributed by atoms with E-state index in [1.807, 2.05) is 0 Å². The number of carbonyl (C=O) groups excluding carboxylic acids is 2. The molecule has 0 aliphatic carbocycles. The monoisotopic (exact) mass is 349 g/mol. The van der Waals surface area contributed by atoms with Crippen LogP contribution in [0, 0.1) is 17.2 Å². The largest absolute Gasteiger partial charge is 0.481 e. The number of hydrogen-bond acceptors (Lipinski definition) is 3. The molecule has 1 aromatic rings. The summed E-state index contributed by atoms with van der Waals surface area (Å²) in [6, 6.07) is 5.61. The van der Waals surface area contributed by atoms with Crippen molar-refractivity contribution in [3.8, 4) is 0 Å². The van der Waals surface area contributed by atoms with E-state index in [1.165, 1.54) is 15.9 Å². The van der Waals surface area contributed by atoms with Crippen LogP contribution in [0.3, 0.4) is 0 Å². The molecule has 8 heteroatoms. The van der Waals surface area contributed by atoms with Crippen molar-refractivity contribution in [2.45, 2.75) is 13.5 Å². The zero-order chi connectivity index (χ0) is 18.2. The number of likely N-dealkylation sites (tertiary alicyclic amines) is 2. The molecule has 2 N–H and O–H groups in total. The minimum absolute atomic E-state index is 0.00176. The molecule has 25 heavy (non-hydrogen) atoms. The molecule has 0 unspecified atom stereocenters. The van der Waals surface area contributed by atoms with Gasteiger partial charge < -0.3 is 20.2 Å². The van der Waals surface area contributed by atoms with Gasteiger partial charge in [-0.05, 0) is 13.0 Å². The first kappa shape index (κ1) is 17.2. The molecular weight excluding hydrogens is 329 g/mol. The Balaban J connectivity index is 1.69. The summed E-state index contributed by atoms with van der Waals surface area (Å²) in [6.45, 7) is 2.39. The number of nitrogens with one attached hydrogen (secondary N) is 1. The molecule has 2 atom stereocenters. The Kier molecular flexibility index (Phi) is 4.36. The third-order valence-corrected chi connectivity index (χ3v) is 5.11. The topological polar surface area (TPSA) is 90.0 Å². The Hall–Kier alpha value is -2.64. The van der Waals surface area contributed by atoms with Crippen LogP contribution in [0.4, 0.5) is 9.18 Å². The van der Waals surface area contributed by atoms with E-state index in [-0.39, 0.29) is 32.1 Å². The van der Waals surface area contributed by atoms with Gasteiger partial charge in [-0.2, -0.15) is 0 Å². The van der Waals surface area contributed by atoms with Gasteiger partial charge in [-0.25, -0.2) is 9.18 Å². The second-order valence-corrected chi connectivity index (χ2v) is 6.50. The first-order valence-electron chi connectivity index (χ1n) is 8.17. The Morgan fingerprint density at radius 3 is 2.68 bits per heavy atom. The van der Waals surface area contributed by atoms with Gasteiger partial charge in [-0.1, -0.05) is 18.2 Å². The van der Waals surface area contributed by atoms with Gasteiger partial charge in [-0.3, -0.25) is 9.59 Å². The van der Waals surface area contributed by atoms with Gasteiger partial charge in [0.25, 0.3) is 0 Å². The van der Waals surface area contributed by atoms with Crippen molar-refractivity contribution in [3.63, 3.8) is 0 Å². The van der Waals surface area contributed by atoms with Crippen LogP contribution in [0.2, 0.25) is 0 Å². The highest BCUT2D eigenvalue weighted by molar-refractivity contribution is 5.93. The maximum atomic E-state index is 13.6. The average Bonchev–Trinajstić information content (AvgIpc) is 3.10. The molecular formula is C17H20FN3O4. The minimum atomic E-state index is -1.26. The van der Waals surface area contributed by atoms with Gasteiger partial charge in [0.2, 0.25) is 5.91 Å². The Morgan fingerprint density at radius 1 is 1.36 bits per heavy atom. The van der Waals surface area contributed by atoms with E-state index in [1.54, 1.807) is 25.1 Å². The SMILES string of the molecule is CCN1C[C@@]2(C(=O)O)CN(C(=O)NCc3ccccc3F)C[C@H]2C1=O. The summed E-state index contributed by atoms with van der Waals surface area (Å²) in [5.74, 6) is -2.44. The summed E-state index contributed by atoms with van der Waals surface area (Å²) in [7, 11) is 0. The lowest BCUT2D eigenvalue weighted by Gasteiger charge is -2.24. The lowest BCUT2D eigenvalue weighted by atomic mass is 9.81. The molecule has 2 saturated heterocycles. The van der Waals surface area contributed by atoms with Crippen LogP contribution in [-0.2, 0) is 16.1 Å². The zero-order valence-corrected chi connectivity index (χ0v) is 13.9. The fraction of sp³-hybridized carbons (Fsp3) is 0.471. The Bertz CT molecular complexity index is 726. The Labute approximate surface area is 144 Å². The van der Waals surface area contributed by atoms with Crippen LogP contribution in [-0.4, -0.2) is 59.0 Å². The first-order valence-corrected chi connectivity index (χ1v) is 8.17. The van der Waals surface area contributed by atoms with Gasteiger partial charge in [0.1, 0.15) is 11.2 Å². The van der Waals surface area contributed by atoms with Crippen molar-refractivity contribution in [2.75, 3.05) is 26.2 Å². The molecule has 2 fully saturated rings. The molecule has 7 nitrogen and oxygen atoms in total. The van der Waals surface area contributed by atoms with Crippen LogP contribution in [0.1, 0.15) is 12.5 Å². The smallest absolute Gasteiger partial charge is 0.317 e. The number of benzene rings is 1. The summed E-state index contributed by atoms with van der Waals surface area (Å²) in [4.78, 5) is 39.4. The van der Waals surface area contributed by atoms with E-state index in [4.69, 9.17) is 0 Å². The maximum absolute atomic E-state index is 13.6. The van der Waals surface area contributed by atoms with Crippen LogP contribution in [0.25, 0.3) is 0 Å². The number of aliphatic carboxylic acids is 1. The number of carbonyl (C=O) groups is 3. The number of carboxylic acid groups (broad SMARTS) is 1. The van der Waals surface area contributed by atoms with E-state index in [0.717, 1.165) is 0 Å². The standard InChI is InChI=1S/C17H20FN3O4/c1-2-20-9-17(15(23)24)10-21(8-12(17)14(20)22)16(25)19-7-11-5-3-4-6-13(11)18/h3-6,12H,2,7-10H2,1H3,(H,19,25)(H,23,24)/t12-,17+/m0/s1. The molecule has 2 aliphatic heterocycles. The summed E-state index contributed by atoms with van der Waals surface area (Å²) in [6.07, 6.45) is 0. The third-order valence-electron chi connectivity index (χ3n) is 5.11. The van der Waals surface area contributed by atoms with Crippen molar-refractivity contribution >= 4 is 17.9 Å². The highest BCUT2D eigenvalue weighted by Crippen LogP contribution is 2.43. The number of fused-ring (bicyclic) bond motifs is 1. The fourth-order valence-corrected chi connectivity index (χ4v) is 3.66. The van der Waals surface area contributed by atoms with Gasteiger partial charge in [-0.15, -0.1) is 0 Å². The molecule has 0 aromatic heterocycles. The normalized spacial score (nSPS) is 25.2. The van der Waals surface area contributed by atoms with Crippen LogP contribution < -0.4 is 5.32 Å². The predicted molar refractivity (Wildman–Crippen MR) is 86.0 cm³/mol. The molecule has 0 bridgehead atoms. The molecule has 0 spiro atoms. The van der Waals surface area contributed by atoms with Crippen molar-refractivity contribution in [3.05, 3.63) is 35.6 Å². The molecule has 3 rings (SSSR count). The number of amides is 3. The third kappa shape index (κ3) is 2.81. The van der Waals surface area contributed by atoms with Gasteiger partial charge in [0.05, 0.1) is 5.92 Å². The second-order valence-electron chi connectivity index (χ2n) is 6.50. The number of halogens is 1. The highest BCUT2D eigenvalue weighted by Gasteiger charge is 2.62. The summed E-state index contributed by atoms with van der Waals surface area (Å²) < 4.78 is 13.6. The van der Waals surface area contributed by atoms with Crippen molar-refractivity contribution in [1.29, 1.82) is 0 Å². The second kappa shape index (κ2) is 6.34. The maximum Gasteiger partial charge on any atom is 0.317 e. The number of rotatable bonds is 4. The van der Waals surface area contributed by atoms with E-state index in [2.05, 4.69) is 5.32 Å². The number of urea groups is 1. The first-order chi connectivity index (χ1) is 11.9. The van der Waals surface area contributed by atoms with Crippen LogP contribution in [0.5, 0.6) is 0 Å². The molecule has 0 radical (unpaired) electrons. The van der Waals surface area contributed by atoms with Crippen LogP contribution in [0.15, 0.2) is 24.3 Å². The van der Waals surface area contributed by atoms with E-state index in [0.29, 0.717) is 12.1 Å². The fourth-order valence-electron chi connectivity index (χ4n) is 3.66. The zero-order valence-electron chi connectivity index (χ0n) is 13.9. The van der Waals surface area contributed by atoms with Crippen molar-refractivity contribution in [1.82, 2.24) is 15.1 Å². The average molecular weight is 349 g/mol. The highest BCUT2D eigenvalue weighted by atomic mass is 19.1. The predicted octanol–water partition coefficient (Wildman–Crippen LogP) is 0.900. The van der Waals surface area contributed by atoms with Gasteiger partial charge >= 0.3 is 12.0 Å². The summed E-state index contributed by atoms with van der Waals surface area (Å²) in [5.41, 5.74) is -0.918. The summed E-state index contributed by atoms with van der Waals surface area (Å²) in [5, 5.41) is 12.3. The minimum Gasteiger partial charge on any atom is -0.481 e. The van der Waals surface area contributed by atoms with E-state index >= 15 is 0 Å². The molecule has 1 aromatic carbocycles. The molecule has 2 aliphatic rings.